The summed E-state index contributed by atoms with van der Waals surface area (Å²) in [6.07, 6.45) is 12.2. The molecule has 0 saturated carbocycles. The van der Waals surface area contributed by atoms with E-state index < -0.39 is 0 Å². The monoisotopic (exact) mass is 493 g/mol. The molecule has 0 amide bonds. The highest BCUT2D eigenvalue weighted by Crippen LogP contribution is 2.34. The van der Waals surface area contributed by atoms with Gasteiger partial charge in [0.2, 0.25) is 0 Å². The van der Waals surface area contributed by atoms with Gasteiger partial charge in [0.05, 0.1) is 46.7 Å². The van der Waals surface area contributed by atoms with E-state index in [9.17, 15) is 0 Å². The van der Waals surface area contributed by atoms with Crippen molar-refractivity contribution in [2.24, 2.45) is 0 Å². The molecule has 2 aliphatic rings. The lowest BCUT2D eigenvalue weighted by Gasteiger charge is -2.34. The maximum absolute atomic E-state index is 4.73. The highest BCUT2D eigenvalue weighted by Gasteiger charge is 2.20. The largest absolute Gasteiger partial charge is 0.367 e. The average Bonchev–Trinajstić information content (AvgIpc) is 3.68. The van der Waals surface area contributed by atoms with E-state index in [0.29, 0.717) is 0 Å². The SMILES string of the molecule is CN1CCN(c2cncc3[nH]c(-c4n[nH]c5cnc(-c6cncc(CN7CCCC7)c6)cc45)cc23)CC1. The maximum atomic E-state index is 4.73. The van der Waals surface area contributed by atoms with Gasteiger partial charge in [-0.2, -0.15) is 5.10 Å². The molecule has 7 heterocycles. The van der Waals surface area contributed by atoms with Crippen LogP contribution in [-0.4, -0.2) is 86.2 Å². The summed E-state index contributed by atoms with van der Waals surface area (Å²) < 4.78 is 0. The molecule has 2 saturated heterocycles. The third kappa shape index (κ3) is 4.24. The van der Waals surface area contributed by atoms with Crippen LogP contribution in [0.4, 0.5) is 5.69 Å². The molecule has 0 aliphatic carbocycles. The molecule has 0 bridgehead atoms. The molecule has 2 N–H and O–H groups in total. The molecule has 188 valence electrons. The van der Waals surface area contributed by atoms with Gasteiger partial charge in [-0.15, -0.1) is 0 Å². The minimum absolute atomic E-state index is 0.889. The van der Waals surface area contributed by atoms with E-state index in [1.807, 2.05) is 31.0 Å². The lowest BCUT2D eigenvalue weighted by molar-refractivity contribution is 0.313. The van der Waals surface area contributed by atoms with Crippen LogP contribution in [0, 0.1) is 0 Å². The number of fused-ring (bicyclic) bond motifs is 2. The van der Waals surface area contributed by atoms with Gasteiger partial charge >= 0.3 is 0 Å². The third-order valence-electron chi connectivity index (χ3n) is 7.77. The van der Waals surface area contributed by atoms with Gasteiger partial charge in [-0.1, -0.05) is 0 Å². The zero-order valence-electron chi connectivity index (χ0n) is 21.1. The van der Waals surface area contributed by atoms with Gasteiger partial charge in [0.25, 0.3) is 0 Å². The minimum Gasteiger partial charge on any atom is -0.367 e. The molecule has 0 atom stereocenters. The highest BCUT2D eigenvalue weighted by molar-refractivity contribution is 6.00. The molecule has 0 radical (unpaired) electrons. The third-order valence-corrected chi connectivity index (χ3v) is 7.77. The summed E-state index contributed by atoms with van der Waals surface area (Å²) >= 11 is 0. The van der Waals surface area contributed by atoms with Crippen molar-refractivity contribution >= 4 is 27.5 Å². The van der Waals surface area contributed by atoms with E-state index in [0.717, 1.165) is 71.8 Å². The van der Waals surface area contributed by atoms with Crippen LogP contribution in [0.5, 0.6) is 0 Å². The van der Waals surface area contributed by atoms with E-state index in [1.165, 1.54) is 42.6 Å². The number of pyridine rings is 3. The molecule has 5 aromatic heterocycles. The van der Waals surface area contributed by atoms with Crippen molar-refractivity contribution in [3.05, 3.63) is 54.7 Å². The van der Waals surface area contributed by atoms with E-state index in [2.05, 4.69) is 65.1 Å². The second kappa shape index (κ2) is 9.24. The predicted molar refractivity (Wildman–Crippen MR) is 146 cm³/mol. The van der Waals surface area contributed by atoms with Crippen molar-refractivity contribution in [1.29, 1.82) is 0 Å². The van der Waals surface area contributed by atoms with E-state index >= 15 is 0 Å². The predicted octanol–water partition coefficient (Wildman–Crippen LogP) is 3.91. The molecule has 2 aliphatic heterocycles. The van der Waals surface area contributed by atoms with Crippen LogP contribution in [0.2, 0.25) is 0 Å². The number of aromatic nitrogens is 6. The van der Waals surface area contributed by atoms with E-state index in [-0.39, 0.29) is 0 Å². The number of hydrogen-bond acceptors (Lipinski definition) is 7. The van der Waals surface area contributed by atoms with Gasteiger partial charge in [0.1, 0.15) is 5.69 Å². The number of likely N-dealkylation sites (tertiary alicyclic amines) is 1. The number of anilines is 1. The summed E-state index contributed by atoms with van der Waals surface area (Å²) in [5, 5.41) is 10.1. The molecule has 0 aromatic carbocycles. The number of aromatic amines is 2. The second-order valence-electron chi connectivity index (χ2n) is 10.3. The smallest absolute Gasteiger partial charge is 0.116 e. The second-order valence-corrected chi connectivity index (χ2v) is 10.3. The van der Waals surface area contributed by atoms with Gasteiger partial charge in [0.15, 0.2) is 0 Å². The maximum Gasteiger partial charge on any atom is 0.116 e. The van der Waals surface area contributed by atoms with Crippen molar-refractivity contribution in [3.8, 4) is 22.6 Å². The van der Waals surface area contributed by atoms with Crippen LogP contribution in [0.1, 0.15) is 18.4 Å². The first-order valence-corrected chi connectivity index (χ1v) is 13.1. The molecular weight excluding hydrogens is 462 g/mol. The Morgan fingerprint density at radius 2 is 1.65 bits per heavy atom. The van der Waals surface area contributed by atoms with Crippen LogP contribution in [0.25, 0.3) is 44.5 Å². The van der Waals surface area contributed by atoms with E-state index in [4.69, 9.17) is 4.98 Å². The Hall–Kier alpha value is -3.82. The summed E-state index contributed by atoms with van der Waals surface area (Å²) in [7, 11) is 2.18. The fourth-order valence-corrected chi connectivity index (χ4v) is 5.66. The zero-order valence-corrected chi connectivity index (χ0v) is 21.1. The van der Waals surface area contributed by atoms with Gasteiger partial charge in [-0.05, 0) is 56.7 Å². The zero-order chi connectivity index (χ0) is 24.8. The van der Waals surface area contributed by atoms with Crippen molar-refractivity contribution in [1.82, 2.24) is 39.9 Å². The van der Waals surface area contributed by atoms with E-state index in [1.54, 1.807) is 0 Å². The number of H-pyrrole nitrogens is 2. The van der Waals surface area contributed by atoms with Gasteiger partial charge in [-0.3, -0.25) is 25.0 Å². The Bertz CT molecular complexity index is 1550. The number of nitrogens with one attached hydrogen (secondary N) is 2. The summed E-state index contributed by atoms with van der Waals surface area (Å²) in [6.45, 7) is 7.40. The molecule has 9 heteroatoms. The molecule has 7 rings (SSSR count). The fraction of sp³-hybridized carbons (Fsp3) is 0.357. The Morgan fingerprint density at radius 1 is 0.811 bits per heavy atom. The molecule has 5 aromatic rings. The first kappa shape index (κ1) is 22.4. The first-order valence-electron chi connectivity index (χ1n) is 13.1. The topological polar surface area (TPSA) is 92.9 Å². The van der Waals surface area contributed by atoms with Crippen LogP contribution >= 0.6 is 0 Å². The standard InChI is InChI=1S/C28H31N9/c1-35-6-8-37(9-7-35)27-17-30-15-25-21(27)11-24(32-25)28-22-12-23(31-16-26(22)33-34-28)20-10-19(13-29-14-20)18-36-4-2-3-5-36/h10-17,32H,2-9,18H2,1H3,(H,33,34). The average molecular weight is 494 g/mol. The highest BCUT2D eigenvalue weighted by atomic mass is 15.3. The molecule has 0 unspecified atom stereocenters. The summed E-state index contributed by atoms with van der Waals surface area (Å²) in [5.41, 5.74) is 8.14. The Kier molecular flexibility index (Phi) is 5.59. The van der Waals surface area contributed by atoms with Crippen molar-refractivity contribution in [3.63, 3.8) is 0 Å². The Morgan fingerprint density at radius 3 is 2.51 bits per heavy atom. The number of piperazine rings is 1. The summed E-state index contributed by atoms with van der Waals surface area (Å²) in [4.78, 5) is 24.6. The fourth-order valence-electron chi connectivity index (χ4n) is 5.66. The van der Waals surface area contributed by atoms with Crippen molar-refractivity contribution in [2.45, 2.75) is 19.4 Å². The van der Waals surface area contributed by atoms with Crippen molar-refractivity contribution in [2.75, 3.05) is 51.2 Å². The van der Waals surface area contributed by atoms with Crippen LogP contribution < -0.4 is 4.90 Å². The molecule has 2 fully saturated rings. The number of hydrogen-bond donors (Lipinski definition) is 2. The Labute approximate surface area is 215 Å². The summed E-state index contributed by atoms with van der Waals surface area (Å²) in [6, 6.07) is 6.55. The Balaban J connectivity index is 1.24. The number of likely N-dealkylation sites (N-methyl/N-ethyl adjacent to an activating group) is 1. The quantitative estimate of drug-likeness (QED) is 0.383. The normalized spacial score (nSPS) is 17.4. The first-order chi connectivity index (χ1) is 18.2. The molecule has 0 spiro atoms. The molecule has 9 nitrogen and oxygen atoms in total. The molecular formula is C28H31N9. The number of nitrogens with zero attached hydrogens (tertiary/aromatic N) is 7. The lowest BCUT2D eigenvalue weighted by Crippen LogP contribution is -2.44. The summed E-state index contributed by atoms with van der Waals surface area (Å²) in [5.74, 6) is 0. The minimum atomic E-state index is 0.889. The van der Waals surface area contributed by atoms with Gasteiger partial charge in [0, 0.05) is 61.5 Å². The van der Waals surface area contributed by atoms with Crippen molar-refractivity contribution < 1.29 is 0 Å². The van der Waals surface area contributed by atoms with Crippen LogP contribution in [0.15, 0.2) is 49.2 Å². The van der Waals surface area contributed by atoms with Crippen LogP contribution in [0.3, 0.4) is 0 Å². The van der Waals surface area contributed by atoms with Gasteiger partial charge < -0.3 is 14.8 Å². The number of rotatable bonds is 5. The van der Waals surface area contributed by atoms with Gasteiger partial charge in [-0.25, -0.2) is 0 Å². The van der Waals surface area contributed by atoms with Crippen LogP contribution in [-0.2, 0) is 6.54 Å². The lowest BCUT2D eigenvalue weighted by atomic mass is 10.1. The molecule has 37 heavy (non-hydrogen) atoms.